The van der Waals surface area contributed by atoms with E-state index in [1.807, 2.05) is 0 Å². The van der Waals surface area contributed by atoms with Gasteiger partial charge < -0.3 is 10.4 Å². The van der Waals surface area contributed by atoms with Crippen molar-refractivity contribution < 1.29 is 19.5 Å². The SMILES string of the molecule is CC(=O)c1cccc(NC(=O)CN[C@@H](C)C(=O)O)c1. The van der Waals surface area contributed by atoms with Crippen LogP contribution in [0.1, 0.15) is 24.2 Å². The number of hydrogen-bond donors (Lipinski definition) is 3. The predicted octanol–water partition coefficient (Wildman–Crippen LogP) is 0.890. The second-order valence-electron chi connectivity index (χ2n) is 4.13. The van der Waals surface area contributed by atoms with Gasteiger partial charge in [-0.3, -0.25) is 19.7 Å². The summed E-state index contributed by atoms with van der Waals surface area (Å²) in [5, 5.41) is 13.8. The Bertz CT molecular complexity index is 499. The van der Waals surface area contributed by atoms with Gasteiger partial charge in [0.2, 0.25) is 5.91 Å². The van der Waals surface area contributed by atoms with Gasteiger partial charge in [0.05, 0.1) is 6.54 Å². The molecule has 0 saturated carbocycles. The van der Waals surface area contributed by atoms with Crippen molar-refractivity contribution in [3.63, 3.8) is 0 Å². The minimum absolute atomic E-state index is 0.0891. The van der Waals surface area contributed by atoms with E-state index in [0.29, 0.717) is 11.3 Å². The Morgan fingerprint density at radius 3 is 2.58 bits per heavy atom. The molecule has 3 N–H and O–H groups in total. The molecule has 6 nitrogen and oxygen atoms in total. The molecule has 1 aromatic rings. The molecule has 0 heterocycles. The highest BCUT2D eigenvalue weighted by molar-refractivity contribution is 5.97. The lowest BCUT2D eigenvalue weighted by Crippen LogP contribution is -2.39. The van der Waals surface area contributed by atoms with Crippen molar-refractivity contribution >= 4 is 23.3 Å². The number of benzene rings is 1. The first-order valence-corrected chi connectivity index (χ1v) is 5.77. The summed E-state index contributed by atoms with van der Waals surface area (Å²) in [7, 11) is 0. The van der Waals surface area contributed by atoms with Crippen molar-refractivity contribution in [2.24, 2.45) is 0 Å². The number of Topliss-reactive ketones (excluding diaryl/α,β-unsaturated/α-hetero) is 1. The van der Waals surface area contributed by atoms with Crippen molar-refractivity contribution in [3.8, 4) is 0 Å². The van der Waals surface area contributed by atoms with E-state index in [2.05, 4.69) is 10.6 Å². The molecular formula is C13H16N2O4. The molecule has 1 amide bonds. The van der Waals surface area contributed by atoms with Crippen LogP contribution in [0.15, 0.2) is 24.3 Å². The van der Waals surface area contributed by atoms with Gasteiger partial charge in [-0.25, -0.2) is 0 Å². The number of carboxylic acids is 1. The van der Waals surface area contributed by atoms with E-state index in [1.165, 1.54) is 13.8 Å². The number of amides is 1. The molecule has 6 heteroatoms. The molecular weight excluding hydrogens is 248 g/mol. The molecule has 19 heavy (non-hydrogen) atoms. The molecule has 0 aliphatic heterocycles. The summed E-state index contributed by atoms with van der Waals surface area (Å²) in [6.07, 6.45) is 0. The molecule has 0 fully saturated rings. The van der Waals surface area contributed by atoms with Crippen LogP contribution in [-0.2, 0) is 9.59 Å². The van der Waals surface area contributed by atoms with E-state index in [-0.39, 0.29) is 18.2 Å². The predicted molar refractivity (Wildman–Crippen MR) is 70.2 cm³/mol. The number of hydrogen-bond acceptors (Lipinski definition) is 4. The second kappa shape index (κ2) is 6.65. The third-order valence-electron chi connectivity index (χ3n) is 2.49. The molecule has 102 valence electrons. The number of carbonyl (C=O) groups excluding carboxylic acids is 2. The topological polar surface area (TPSA) is 95.5 Å². The second-order valence-corrected chi connectivity index (χ2v) is 4.13. The fourth-order valence-electron chi connectivity index (χ4n) is 1.35. The molecule has 0 unspecified atom stereocenters. The summed E-state index contributed by atoms with van der Waals surface area (Å²) in [6.45, 7) is 2.78. The Morgan fingerprint density at radius 2 is 2.00 bits per heavy atom. The molecule has 0 saturated heterocycles. The van der Waals surface area contributed by atoms with Crippen LogP contribution in [0.4, 0.5) is 5.69 Å². The Kier molecular flexibility index (Phi) is 5.20. The Morgan fingerprint density at radius 1 is 1.32 bits per heavy atom. The number of ketones is 1. The van der Waals surface area contributed by atoms with Crippen LogP contribution in [0.3, 0.4) is 0 Å². The highest BCUT2D eigenvalue weighted by Gasteiger charge is 2.11. The quantitative estimate of drug-likeness (QED) is 0.663. The summed E-state index contributed by atoms with van der Waals surface area (Å²) >= 11 is 0. The van der Waals surface area contributed by atoms with E-state index >= 15 is 0 Å². The minimum Gasteiger partial charge on any atom is -0.480 e. The van der Waals surface area contributed by atoms with Gasteiger partial charge >= 0.3 is 5.97 Å². The lowest BCUT2D eigenvalue weighted by molar-refractivity contribution is -0.139. The number of rotatable bonds is 6. The molecule has 1 atom stereocenters. The first kappa shape index (κ1) is 14.8. The molecule has 0 spiro atoms. The van der Waals surface area contributed by atoms with Gasteiger partial charge in [-0.2, -0.15) is 0 Å². The van der Waals surface area contributed by atoms with Crippen LogP contribution in [-0.4, -0.2) is 35.4 Å². The summed E-state index contributed by atoms with van der Waals surface area (Å²) in [6, 6.07) is 5.75. The maximum absolute atomic E-state index is 11.6. The van der Waals surface area contributed by atoms with Gasteiger partial charge in [0.1, 0.15) is 6.04 Å². The van der Waals surface area contributed by atoms with E-state index in [4.69, 9.17) is 5.11 Å². The minimum atomic E-state index is -1.02. The third-order valence-corrected chi connectivity index (χ3v) is 2.49. The Labute approximate surface area is 110 Å². The monoisotopic (exact) mass is 264 g/mol. The fraction of sp³-hybridized carbons (Fsp3) is 0.308. The highest BCUT2D eigenvalue weighted by atomic mass is 16.4. The third kappa shape index (κ3) is 4.89. The molecule has 0 aromatic heterocycles. The van der Waals surface area contributed by atoms with Gasteiger partial charge in [0, 0.05) is 11.3 Å². The molecule has 0 aliphatic rings. The van der Waals surface area contributed by atoms with Crippen LogP contribution in [0, 0.1) is 0 Å². The summed E-state index contributed by atoms with van der Waals surface area (Å²) in [4.78, 5) is 33.3. The van der Waals surface area contributed by atoms with Crippen molar-refractivity contribution in [3.05, 3.63) is 29.8 Å². The Balaban J connectivity index is 2.55. The van der Waals surface area contributed by atoms with Crippen LogP contribution in [0.2, 0.25) is 0 Å². The van der Waals surface area contributed by atoms with Gasteiger partial charge in [0.25, 0.3) is 0 Å². The summed E-state index contributed by atoms with van der Waals surface area (Å²) in [5.41, 5.74) is 1.01. The van der Waals surface area contributed by atoms with Crippen LogP contribution < -0.4 is 10.6 Å². The van der Waals surface area contributed by atoms with Crippen molar-refractivity contribution in [2.75, 3.05) is 11.9 Å². The van der Waals surface area contributed by atoms with Crippen LogP contribution >= 0.6 is 0 Å². The van der Waals surface area contributed by atoms with Gasteiger partial charge in [0.15, 0.2) is 5.78 Å². The van der Waals surface area contributed by atoms with E-state index in [0.717, 1.165) is 0 Å². The fourth-order valence-corrected chi connectivity index (χ4v) is 1.35. The van der Waals surface area contributed by atoms with Crippen molar-refractivity contribution in [1.29, 1.82) is 0 Å². The maximum Gasteiger partial charge on any atom is 0.320 e. The maximum atomic E-state index is 11.6. The molecule has 0 aliphatic carbocycles. The van der Waals surface area contributed by atoms with E-state index in [9.17, 15) is 14.4 Å². The lowest BCUT2D eigenvalue weighted by atomic mass is 10.1. The molecule has 1 rings (SSSR count). The largest absolute Gasteiger partial charge is 0.480 e. The van der Waals surface area contributed by atoms with E-state index < -0.39 is 12.0 Å². The van der Waals surface area contributed by atoms with Gasteiger partial charge in [-0.1, -0.05) is 12.1 Å². The highest BCUT2D eigenvalue weighted by Crippen LogP contribution is 2.10. The molecule has 1 aromatic carbocycles. The van der Waals surface area contributed by atoms with E-state index in [1.54, 1.807) is 24.3 Å². The Hall–Kier alpha value is -2.21. The number of anilines is 1. The number of nitrogens with one attached hydrogen (secondary N) is 2. The molecule has 0 radical (unpaired) electrons. The molecule has 0 bridgehead atoms. The zero-order chi connectivity index (χ0) is 14.4. The summed E-state index contributed by atoms with van der Waals surface area (Å²) in [5.74, 6) is -1.48. The van der Waals surface area contributed by atoms with Gasteiger partial charge in [-0.05, 0) is 26.0 Å². The van der Waals surface area contributed by atoms with Crippen LogP contribution in [0.5, 0.6) is 0 Å². The number of aliphatic carboxylic acids is 1. The first-order valence-electron chi connectivity index (χ1n) is 5.77. The van der Waals surface area contributed by atoms with Crippen molar-refractivity contribution in [1.82, 2.24) is 5.32 Å². The smallest absolute Gasteiger partial charge is 0.320 e. The number of carboxylic acid groups (broad SMARTS) is 1. The van der Waals surface area contributed by atoms with Crippen molar-refractivity contribution in [2.45, 2.75) is 19.9 Å². The van der Waals surface area contributed by atoms with Gasteiger partial charge in [-0.15, -0.1) is 0 Å². The first-order chi connectivity index (χ1) is 8.90. The average molecular weight is 264 g/mol. The normalized spacial score (nSPS) is 11.7. The number of carbonyl (C=O) groups is 3. The standard InChI is InChI=1S/C13H16N2O4/c1-8(13(18)19)14-7-12(17)15-11-5-3-4-10(6-11)9(2)16/h3-6,8,14H,7H2,1-2H3,(H,15,17)(H,18,19)/t8-/m0/s1. The van der Waals surface area contributed by atoms with Crippen LogP contribution in [0.25, 0.3) is 0 Å². The average Bonchev–Trinajstić information content (AvgIpc) is 2.36. The zero-order valence-electron chi connectivity index (χ0n) is 10.8. The summed E-state index contributed by atoms with van der Waals surface area (Å²) < 4.78 is 0. The lowest BCUT2D eigenvalue weighted by Gasteiger charge is -2.10. The zero-order valence-corrected chi connectivity index (χ0v) is 10.8.